The minimum absolute atomic E-state index is 0.175. The van der Waals surface area contributed by atoms with Gasteiger partial charge in [-0.1, -0.05) is 30.3 Å². The molecule has 0 amide bonds. The van der Waals surface area contributed by atoms with Crippen LogP contribution < -0.4 is 0 Å². The topological polar surface area (TPSA) is 83.3 Å². The molecule has 0 unspecified atom stereocenters. The van der Waals surface area contributed by atoms with E-state index >= 15 is 0 Å². The van der Waals surface area contributed by atoms with E-state index in [0.717, 1.165) is 5.56 Å². The Kier molecular flexibility index (Phi) is 4.90. The molecule has 0 aliphatic heterocycles. The molecule has 0 N–H and O–H groups in total. The van der Waals surface area contributed by atoms with E-state index in [0.29, 0.717) is 10.8 Å². The van der Waals surface area contributed by atoms with Crippen LogP contribution in [0.15, 0.2) is 41.8 Å². The molecule has 0 atom stereocenters. The average Bonchev–Trinajstić information content (AvgIpc) is 3.29. The van der Waals surface area contributed by atoms with Crippen LogP contribution in [0.1, 0.15) is 27.9 Å². The molecule has 0 aliphatic rings. The van der Waals surface area contributed by atoms with Gasteiger partial charge >= 0.3 is 11.9 Å². The first-order valence-corrected chi connectivity index (χ1v) is 8.38. The Labute approximate surface area is 147 Å². The monoisotopic (exact) mass is 357 g/mol. The summed E-state index contributed by atoms with van der Waals surface area (Å²) in [6.45, 7) is 1.99. The van der Waals surface area contributed by atoms with E-state index in [1.807, 2.05) is 30.3 Å². The zero-order valence-electron chi connectivity index (χ0n) is 13.6. The highest BCUT2D eigenvalue weighted by Gasteiger charge is 2.21. The van der Waals surface area contributed by atoms with Gasteiger partial charge in [-0.05, 0) is 13.0 Å². The zero-order valence-corrected chi connectivity index (χ0v) is 14.4. The van der Waals surface area contributed by atoms with Gasteiger partial charge in [-0.3, -0.25) is 0 Å². The highest BCUT2D eigenvalue weighted by Crippen LogP contribution is 2.24. The number of thiazole rings is 1. The van der Waals surface area contributed by atoms with Gasteiger partial charge in [0.05, 0.1) is 19.4 Å². The maximum atomic E-state index is 12.1. The Balaban J connectivity index is 2.04. The van der Waals surface area contributed by atoms with Crippen LogP contribution in [0.3, 0.4) is 0 Å². The lowest BCUT2D eigenvalue weighted by Crippen LogP contribution is -2.11. The van der Waals surface area contributed by atoms with Gasteiger partial charge in [0, 0.05) is 10.9 Å². The molecule has 2 aromatic heterocycles. The van der Waals surface area contributed by atoms with Crippen LogP contribution in [-0.4, -0.2) is 40.4 Å². The molecule has 8 heteroatoms. The van der Waals surface area contributed by atoms with Crippen molar-refractivity contribution in [3.63, 3.8) is 0 Å². The third-order valence-corrected chi connectivity index (χ3v) is 4.15. The normalized spacial score (nSPS) is 10.5. The Hall–Kier alpha value is -3.00. The molecule has 128 valence electrons. The van der Waals surface area contributed by atoms with Gasteiger partial charge in [-0.2, -0.15) is 9.78 Å². The Morgan fingerprint density at radius 3 is 2.64 bits per heavy atom. The summed E-state index contributed by atoms with van der Waals surface area (Å²) in [6.07, 6.45) is 0. The fourth-order valence-corrected chi connectivity index (χ4v) is 2.94. The molecule has 0 bridgehead atoms. The molecular formula is C17H15N3O4S. The second-order valence-corrected chi connectivity index (χ2v) is 5.76. The summed E-state index contributed by atoms with van der Waals surface area (Å²) in [5.41, 5.74) is 1.86. The lowest BCUT2D eigenvalue weighted by molar-refractivity contribution is 0.0519. The molecule has 0 spiro atoms. The molecule has 3 rings (SSSR count). The molecule has 25 heavy (non-hydrogen) atoms. The molecular weight excluding hydrogens is 342 g/mol. The van der Waals surface area contributed by atoms with Crippen molar-refractivity contribution in [2.24, 2.45) is 0 Å². The number of benzene rings is 1. The van der Waals surface area contributed by atoms with Gasteiger partial charge in [-0.25, -0.2) is 14.6 Å². The summed E-state index contributed by atoms with van der Waals surface area (Å²) in [5.74, 6) is -1.05. The van der Waals surface area contributed by atoms with E-state index < -0.39 is 11.9 Å². The fourth-order valence-electron chi connectivity index (χ4n) is 2.19. The van der Waals surface area contributed by atoms with Gasteiger partial charge in [0.1, 0.15) is 0 Å². The molecule has 1 aromatic carbocycles. The number of aromatic nitrogens is 3. The first-order valence-electron chi connectivity index (χ1n) is 7.51. The number of nitrogens with zero attached hydrogens (tertiary/aromatic N) is 3. The second-order valence-electron chi connectivity index (χ2n) is 4.92. The quantitative estimate of drug-likeness (QED) is 0.653. The molecule has 0 saturated heterocycles. The predicted molar refractivity (Wildman–Crippen MR) is 92.0 cm³/mol. The molecule has 0 aliphatic carbocycles. The summed E-state index contributed by atoms with van der Waals surface area (Å²) in [6, 6.07) is 11.1. The van der Waals surface area contributed by atoms with Crippen molar-refractivity contribution in [2.45, 2.75) is 6.92 Å². The second kappa shape index (κ2) is 7.27. The van der Waals surface area contributed by atoms with Gasteiger partial charge in [0.2, 0.25) is 5.13 Å². The molecule has 0 fully saturated rings. The zero-order chi connectivity index (χ0) is 17.8. The van der Waals surface area contributed by atoms with Crippen LogP contribution in [0.5, 0.6) is 0 Å². The van der Waals surface area contributed by atoms with Crippen molar-refractivity contribution in [3.05, 3.63) is 53.2 Å². The standard InChI is InChI=1S/C17H15N3O4S/c1-3-24-15(21)13-10-25-17(18-13)20-14(16(22)23-2)9-12(19-20)11-7-5-4-6-8-11/h4-10H,3H2,1-2H3. The highest BCUT2D eigenvalue weighted by atomic mass is 32.1. The van der Waals surface area contributed by atoms with Crippen LogP contribution in [0.2, 0.25) is 0 Å². The van der Waals surface area contributed by atoms with E-state index in [9.17, 15) is 9.59 Å². The molecule has 7 nitrogen and oxygen atoms in total. The third kappa shape index (κ3) is 3.43. The first kappa shape index (κ1) is 16.8. The van der Waals surface area contributed by atoms with Crippen LogP contribution >= 0.6 is 11.3 Å². The number of hydrogen-bond donors (Lipinski definition) is 0. The smallest absolute Gasteiger partial charge is 0.357 e. The minimum Gasteiger partial charge on any atom is -0.464 e. The van der Waals surface area contributed by atoms with Crippen molar-refractivity contribution in [3.8, 4) is 16.4 Å². The lowest BCUT2D eigenvalue weighted by Gasteiger charge is -2.01. The van der Waals surface area contributed by atoms with Crippen molar-refractivity contribution >= 4 is 23.3 Å². The van der Waals surface area contributed by atoms with Crippen molar-refractivity contribution in [1.29, 1.82) is 0 Å². The number of ether oxygens (including phenoxy) is 2. The van der Waals surface area contributed by atoms with Gasteiger partial charge in [0.15, 0.2) is 11.4 Å². The Bertz CT molecular complexity index is 902. The first-order chi connectivity index (χ1) is 12.1. The largest absolute Gasteiger partial charge is 0.464 e. The number of rotatable bonds is 5. The summed E-state index contributed by atoms with van der Waals surface area (Å²) in [5, 5.41) is 6.40. The number of hydrogen-bond acceptors (Lipinski definition) is 7. The van der Waals surface area contributed by atoms with Crippen molar-refractivity contribution < 1.29 is 19.1 Å². The number of carbonyl (C=O) groups excluding carboxylic acids is 2. The van der Waals surface area contributed by atoms with Crippen LogP contribution in [0.25, 0.3) is 16.4 Å². The predicted octanol–water partition coefficient (Wildman–Crippen LogP) is 2.96. The number of esters is 2. The van der Waals surface area contributed by atoms with E-state index in [1.54, 1.807) is 18.4 Å². The number of carbonyl (C=O) groups is 2. The SMILES string of the molecule is CCOC(=O)c1csc(-n2nc(-c3ccccc3)cc2C(=O)OC)n1. The fraction of sp³-hybridized carbons (Fsp3) is 0.176. The molecule has 3 aromatic rings. The summed E-state index contributed by atoms with van der Waals surface area (Å²) < 4.78 is 11.1. The highest BCUT2D eigenvalue weighted by molar-refractivity contribution is 7.12. The molecule has 0 radical (unpaired) electrons. The summed E-state index contributed by atoms with van der Waals surface area (Å²) in [7, 11) is 1.30. The van der Waals surface area contributed by atoms with E-state index in [4.69, 9.17) is 9.47 Å². The van der Waals surface area contributed by atoms with Gasteiger partial charge in [-0.15, -0.1) is 11.3 Å². The van der Waals surface area contributed by atoms with Crippen LogP contribution in [0.4, 0.5) is 0 Å². The minimum atomic E-state index is -0.539. The van der Waals surface area contributed by atoms with Crippen molar-refractivity contribution in [2.75, 3.05) is 13.7 Å². The van der Waals surface area contributed by atoms with Crippen LogP contribution in [-0.2, 0) is 9.47 Å². The summed E-state index contributed by atoms with van der Waals surface area (Å²) >= 11 is 1.19. The number of methoxy groups -OCH3 is 1. The van der Waals surface area contributed by atoms with E-state index in [-0.39, 0.29) is 18.0 Å². The Morgan fingerprint density at radius 2 is 1.96 bits per heavy atom. The Morgan fingerprint density at radius 1 is 1.20 bits per heavy atom. The maximum Gasteiger partial charge on any atom is 0.357 e. The lowest BCUT2D eigenvalue weighted by atomic mass is 10.1. The van der Waals surface area contributed by atoms with Gasteiger partial charge in [0.25, 0.3) is 0 Å². The average molecular weight is 357 g/mol. The molecule has 0 saturated carbocycles. The van der Waals surface area contributed by atoms with Gasteiger partial charge < -0.3 is 9.47 Å². The molecule has 2 heterocycles. The maximum absolute atomic E-state index is 12.1. The van der Waals surface area contributed by atoms with E-state index in [1.165, 1.54) is 23.1 Å². The van der Waals surface area contributed by atoms with Crippen LogP contribution in [0, 0.1) is 0 Å². The van der Waals surface area contributed by atoms with Crippen molar-refractivity contribution in [1.82, 2.24) is 14.8 Å². The third-order valence-electron chi connectivity index (χ3n) is 3.33. The van der Waals surface area contributed by atoms with E-state index in [2.05, 4.69) is 10.1 Å². The summed E-state index contributed by atoms with van der Waals surface area (Å²) in [4.78, 5) is 28.1.